The average Bonchev–Trinajstić information content (AvgIpc) is 1.64. The minimum Gasteiger partial charge on any atom is -0.486 e. The van der Waals surface area contributed by atoms with Crippen molar-refractivity contribution in [3.8, 4) is 45.3 Å². The van der Waals surface area contributed by atoms with E-state index in [1.807, 2.05) is 154 Å². The maximum absolute atomic E-state index is 17.7. The highest BCUT2D eigenvalue weighted by atomic mass is 19.1. The van der Waals surface area contributed by atoms with Crippen LogP contribution < -0.4 is 19.7 Å². The van der Waals surface area contributed by atoms with Crippen LogP contribution in [0.1, 0.15) is 130 Å². The zero-order valence-electron chi connectivity index (χ0n) is 60.7. The van der Waals surface area contributed by atoms with Crippen LogP contribution in [0.2, 0.25) is 0 Å². The molecule has 3 N–H and O–H groups in total. The van der Waals surface area contributed by atoms with Crippen molar-refractivity contribution < 1.29 is 47.9 Å². The Morgan fingerprint density at radius 1 is 0.729 bits per heavy atom. The second kappa shape index (κ2) is 29.0. The number of likely N-dealkylation sites (tertiary alicyclic amines) is 2. The van der Waals surface area contributed by atoms with Crippen molar-refractivity contribution in [1.29, 1.82) is 0 Å². The molecule has 6 atom stereocenters. The summed E-state index contributed by atoms with van der Waals surface area (Å²) >= 11 is 0. The smallest absolute Gasteiger partial charge is 0.410 e. The zero-order valence-corrected chi connectivity index (χ0v) is 60.7. The second-order valence-corrected chi connectivity index (χ2v) is 30.2. The molecule has 548 valence electrons. The number of nitrogens with one attached hydrogen (secondary N) is 1. The second-order valence-electron chi connectivity index (χ2n) is 30.2. The fourth-order valence-electron chi connectivity index (χ4n) is 16.2. The molecule has 11 aromatic rings. The van der Waals surface area contributed by atoms with Crippen LogP contribution in [-0.4, -0.2) is 158 Å². The van der Waals surface area contributed by atoms with Gasteiger partial charge >= 0.3 is 12.1 Å². The first-order chi connectivity index (χ1) is 51.9. The van der Waals surface area contributed by atoms with Gasteiger partial charge in [-0.1, -0.05) is 159 Å². The number of hydrogen-bond acceptors (Lipinski definition) is 17. The summed E-state index contributed by atoms with van der Waals surface area (Å²) in [6, 6.07) is 46.9. The van der Waals surface area contributed by atoms with Crippen LogP contribution in [-0.2, 0) is 31.2 Å². The Kier molecular flexibility index (Phi) is 19.1. The third kappa shape index (κ3) is 13.7. The van der Waals surface area contributed by atoms with Gasteiger partial charge in [0.05, 0.1) is 55.8 Å². The van der Waals surface area contributed by atoms with E-state index in [4.69, 9.17) is 34.0 Å². The number of β-amino-alcohol motifs (C(OH)–C–C–N with tert-alkyl or cyclic N) is 1. The molecule has 0 unspecified atom stereocenters. The molecule has 16 rings (SSSR count). The highest BCUT2D eigenvalue weighted by molar-refractivity contribution is 6.06. The number of halogens is 1. The van der Waals surface area contributed by atoms with Gasteiger partial charge in [0.1, 0.15) is 65.1 Å². The maximum atomic E-state index is 17.7. The number of ether oxygens (including phenoxy) is 4. The minimum absolute atomic E-state index is 0.00761. The standard InChI is InChI=1S/C84H86FN13O9/c1-50(2)76(80(102)96-44-63(100)37-72(96)79(101)88-71(47-99)56-30-26-53(27-31-56)57-40-86-49-87-41-57)97-46-70(91-93-97)55-24-22-52(23-25-55)48-105-77-74(73-51(3)68(85)39-69-67(73)45-98(92-69)84(58-16-10-7-11-17-58,59-18-12-8-13-19-59)60-20-14-9-15-21-60)65(54-28-29-54)38-66-75(77)89-81(106-64-32-34-104-35-33-64)90-78(66)94-42-62-36-61(94)43-95(62)82(103)107-83(4,5)6/h7-27,30-31,38-41,45-46,49-50,54,61-64,71-72,76,99-100H,28-29,32-37,42-44,47-48H2,1-6H3,(H,88,101)/t61-,62-,63+,71-,72-,76-/m0/s1. The van der Waals surface area contributed by atoms with E-state index in [1.165, 1.54) is 22.0 Å². The Bertz CT molecular complexity index is 4980. The molecule has 4 aliphatic heterocycles. The van der Waals surface area contributed by atoms with Crippen molar-refractivity contribution in [3.05, 3.63) is 228 Å². The first-order valence-corrected chi connectivity index (χ1v) is 37.0. The van der Waals surface area contributed by atoms with E-state index in [0.717, 1.165) is 57.2 Å². The van der Waals surface area contributed by atoms with Crippen molar-refractivity contribution in [1.82, 2.24) is 59.8 Å². The van der Waals surface area contributed by atoms with Crippen molar-refractivity contribution in [3.63, 3.8) is 0 Å². The van der Waals surface area contributed by atoms with Gasteiger partial charge in [0.2, 0.25) is 11.8 Å². The van der Waals surface area contributed by atoms with Gasteiger partial charge in [0.15, 0.2) is 5.75 Å². The lowest BCUT2D eigenvalue weighted by Crippen LogP contribution is -2.50. The molecule has 1 aliphatic carbocycles. The first kappa shape index (κ1) is 70.3. The summed E-state index contributed by atoms with van der Waals surface area (Å²) in [6.45, 7) is 12.8. The summed E-state index contributed by atoms with van der Waals surface area (Å²) in [4.78, 5) is 67.4. The van der Waals surface area contributed by atoms with Gasteiger partial charge in [-0.25, -0.2) is 23.8 Å². The summed E-state index contributed by atoms with van der Waals surface area (Å²) in [5.74, 6) is -0.532. The Balaban J connectivity index is 0.769. The summed E-state index contributed by atoms with van der Waals surface area (Å²) in [5.41, 5.74) is 9.09. The average molecular weight is 1440 g/mol. The lowest BCUT2D eigenvalue weighted by Gasteiger charge is -2.36. The molecule has 3 amide bonds. The van der Waals surface area contributed by atoms with Crippen LogP contribution >= 0.6 is 0 Å². The van der Waals surface area contributed by atoms with E-state index < -0.39 is 59.6 Å². The summed E-state index contributed by atoms with van der Waals surface area (Å²) in [7, 11) is 0. The van der Waals surface area contributed by atoms with Crippen molar-refractivity contribution in [2.75, 3.05) is 44.4 Å². The minimum atomic E-state index is -1.03. The SMILES string of the molecule is Cc1c(F)cc2nn(C(c3ccccc3)(c3ccccc3)c3ccccc3)cc2c1-c1c(C2CC2)cc2c(N3C[C@@H]4C[C@H]3CN4C(=O)OC(C)(C)C)nc(OC3CCOCC3)nc2c1OCc1ccc(-c2cn([C@H](C(=O)N3C[C@H](O)C[C@H]3C(=O)N[C@@H](CO)c3ccc(-c4cncnc4)cc3)C(C)C)nn2)cc1. The Labute approximate surface area is 619 Å². The maximum Gasteiger partial charge on any atom is 0.410 e. The lowest BCUT2D eigenvalue weighted by molar-refractivity contribution is -0.142. The van der Waals surface area contributed by atoms with E-state index in [0.29, 0.717) is 107 Å². The Morgan fingerprint density at radius 3 is 2.01 bits per heavy atom. The summed E-state index contributed by atoms with van der Waals surface area (Å²) in [6.07, 6.45) is 10.8. The molecule has 4 aromatic heterocycles. The van der Waals surface area contributed by atoms with E-state index in [1.54, 1.807) is 18.6 Å². The Morgan fingerprint density at radius 2 is 1.39 bits per heavy atom. The molecule has 4 saturated heterocycles. The molecule has 107 heavy (non-hydrogen) atoms. The van der Waals surface area contributed by atoms with E-state index >= 15 is 4.39 Å². The van der Waals surface area contributed by atoms with E-state index in [9.17, 15) is 24.6 Å². The van der Waals surface area contributed by atoms with Crippen molar-refractivity contribution >= 4 is 45.5 Å². The third-order valence-electron chi connectivity index (χ3n) is 21.6. The molecule has 0 spiro atoms. The number of aromatic nitrogens is 9. The van der Waals surface area contributed by atoms with Crippen LogP contribution in [0, 0.1) is 18.7 Å². The van der Waals surface area contributed by atoms with Crippen molar-refractivity contribution in [2.45, 2.75) is 146 Å². The number of nitrogens with zero attached hydrogens (tertiary/aromatic N) is 12. The fourth-order valence-corrected chi connectivity index (χ4v) is 16.2. The molecular weight excluding hydrogens is 1350 g/mol. The number of anilines is 1. The highest BCUT2D eigenvalue weighted by Crippen LogP contribution is 2.55. The van der Waals surface area contributed by atoms with Crippen LogP contribution in [0.3, 0.4) is 0 Å². The molecule has 1 saturated carbocycles. The normalized spacial score (nSPS) is 18.9. The monoisotopic (exact) mass is 1440 g/mol. The van der Waals surface area contributed by atoms with Gasteiger partial charge in [-0.3, -0.25) is 14.3 Å². The molecular formula is C84H86FN13O9. The molecule has 2 bridgehead atoms. The van der Waals surface area contributed by atoms with Crippen molar-refractivity contribution in [2.24, 2.45) is 5.92 Å². The number of fused-ring (bicyclic) bond motifs is 4. The summed E-state index contributed by atoms with van der Waals surface area (Å²) < 4.78 is 47.3. The molecule has 8 heterocycles. The van der Waals surface area contributed by atoms with Gasteiger partial charge in [-0.05, 0) is 109 Å². The number of benzene rings is 7. The fraction of sp³-hybridized carbons (Fsp3) is 0.357. The number of aliphatic hydroxyl groups is 2. The number of carbonyl (C=O) groups excluding carboxylic acids is 3. The first-order valence-electron chi connectivity index (χ1n) is 37.0. The number of hydrogen-bond donors (Lipinski definition) is 3. The van der Waals surface area contributed by atoms with Crippen LogP contribution in [0.4, 0.5) is 15.0 Å². The van der Waals surface area contributed by atoms with Crippen LogP contribution in [0.5, 0.6) is 11.8 Å². The van der Waals surface area contributed by atoms with Crippen LogP contribution in [0.25, 0.3) is 55.3 Å². The van der Waals surface area contributed by atoms with Gasteiger partial charge < -0.3 is 49.2 Å². The van der Waals surface area contributed by atoms with Crippen LogP contribution in [0.15, 0.2) is 183 Å². The largest absolute Gasteiger partial charge is 0.486 e. The summed E-state index contributed by atoms with van der Waals surface area (Å²) in [5, 5.41) is 40.6. The number of aliphatic hydroxyl groups excluding tert-OH is 2. The molecule has 0 radical (unpaired) electrons. The van der Waals surface area contributed by atoms with Gasteiger partial charge in [-0.2, -0.15) is 15.1 Å². The quantitative estimate of drug-likeness (QED) is 0.0566. The highest BCUT2D eigenvalue weighted by Gasteiger charge is 2.49. The van der Waals surface area contributed by atoms with Gasteiger partial charge in [0, 0.05) is 96.6 Å². The molecule has 5 aliphatic rings. The third-order valence-corrected chi connectivity index (χ3v) is 21.6. The van der Waals surface area contributed by atoms with Gasteiger partial charge in [0.25, 0.3) is 0 Å². The molecule has 22 nitrogen and oxygen atoms in total. The zero-order chi connectivity index (χ0) is 73.8. The molecule has 23 heteroatoms. The predicted molar refractivity (Wildman–Crippen MR) is 402 cm³/mol. The number of piperazine rings is 1. The topological polar surface area (TPSA) is 250 Å². The lowest BCUT2D eigenvalue weighted by atomic mass is 9.77. The number of carbonyl (C=O) groups is 3. The predicted octanol–water partition coefficient (Wildman–Crippen LogP) is 12.9. The molecule has 5 fully saturated rings. The number of amides is 3. The van der Waals surface area contributed by atoms with E-state index in [2.05, 4.69) is 79.2 Å². The van der Waals surface area contributed by atoms with Gasteiger partial charge in [-0.15, -0.1) is 5.10 Å². The molecule has 7 aromatic carbocycles. The Hall–Kier alpha value is -11.0. The van der Waals surface area contributed by atoms with E-state index in [-0.39, 0.29) is 61.7 Å². The number of rotatable bonds is 21.